The van der Waals surface area contributed by atoms with Crippen LogP contribution in [-0.4, -0.2) is 30.8 Å². The second-order valence-corrected chi connectivity index (χ2v) is 23.1. The first kappa shape index (κ1) is 53.0. The highest BCUT2D eigenvalue weighted by Crippen LogP contribution is 2.61. The van der Waals surface area contributed by atoms with Crippen LogP contribution in [0.4, 0.5) is 0 Å². The Kier molecular flexibility index (Phi) is 33.9. The van der Waals surface area contributed by atoms with Crippen LogP contribution in [0.25, 0.3) is 0 Å². The lowest BCUT2D eigenvalue weighted by molar-refractivity contribution is 0.610. The van der Waals surface area contributed by atoms with Gasteiger partial charge in [-0.2, -0.15) is 12.6 Å². The molecule has 0 saturated carbocycles. The van der Waals surface area contributed by atoms with E-state index in [1.165, 1.54) is 178 Å². The van der Waals surface area contributed by atoms with Gasteiger partial charge in [0, 0.05) is 7.26 Å². The summed E-state index contributed by atoms with van der Waals surface area (Å²) >= 11 is 0. The van der Waals surface area contributed by atoms with Crippen LogP contribution in [0.5, 0.6) is 0 Å². The third-order valence-corrected chi connectivity index (χ3v) is 18.5. The predicted molar refractivity (Wildman–Crippen MR) is 267 cm³/mol. The summed E-state index contributed by atoms with van der Waals surface area (Å²) in [6.07, 6.45) is 49.3. The Hall–Kier alpha value is -1.07. The number of hydrogen-bond acceptors (Lipinski definition) is 0. The molecule has 0 aliphatic carbocycles. The van der Waals surface area contributed by atoms with E-state index in [1.807, 2.05) is 0 Å². The molecule has 0 fully saturated rings. The molecule has 0 radical (unpaired) electrons. The van der Waals surface area contributed by atoms with E-state index in [9.17, 15) is 0 Å². The van der Waals surface area contributed by atoms with Crippen molar-refractivity contribution in [3.63, 3.8) is 0 Å². The molecule has 2 aromatic rings. The molecule has 0 aliphatic heterocycles. The van der Waals surface area contributed by atoms with Crippen molar-refractivity contribution in [3.8, 4) is 0 Å². The maximum Gasteiger partial charge on any atom is 0.0594 e. The molecule has 56 heavy (non-hydrogen) atoms. The molecule has 0 spiro atoms. The third kappa shape index (κ3) is 24.1. The molecule has 0 saturated heterocycles. The minimum atomic E-state index is -0.718. The lowest BCUT2D eigenvalue weighted by atomic mass is 9.15. The Balaban J connectivity index is 0.000000593. The van der Waals surface area contributed by atoms with Crippen LogP contribution < -0.4 is 10.9 Å². The molecule has 0 amide bonds. The summed E-state index contributed by atoms with van der Waals surface area (Å²) in [6.45, 7) is 18.4. The number of hydrogen-bond donors (Lipinski definition) is 0. The molecule has 2 heteroatoms. The molecule has 0 N–H and O–H groups in total. The summed E-state index contributed by atoms with van der Waals surface area (Å²) < 4.78 is 0. The summed E-state index contributed by atoms with van der Waals surface area (Å²) in [6, 6.07) is 18.7. The number of rotatable bonds is 36. The smallest absolute Gasteiger partial charge is 0.0594 e. The fourth-order valence-corrected chi connectivity index (χ4v) is 14.5. The van der Waals surface area contributed by atoms with Crippen LogP contribution >= 0.6 is 7.26 Å². The van der Waals surface area contributed by atoms with Gasteiger partial charge in [-0.25, -0.2) is 10.9 Å². The van der Waals surface area contributed by atoms with E-state index in [-0.39, 0.29) is 0 Å². The Labute approximate surface area is 355 Å². The maximum absolute atomic E-state index is 2.39. The van der Waals surface area contributed by atoms with E-state index >= 15 is 0 Å². The molecule has 0 aliphatic rings. The average molecular weight is 791 g/mol. The standard InChI is InChI=1S/C32H68P.C22H32B/c1-5-9-13-17-21-25-29-33(30-26-22-18-14-10-6-2,31-27-23-19-15-11-7-3)32-28-24-20-16-12-8-4;1-5-7-17-23(18-8-6-2,21-13-9-19(3)10-14-21)22-15-11-20(4)12-16-22/h5-32H2,1-4H3;9-16H,5-8,17-18H2,1-4H3/q+1;-1. The molecule has 0 bridgehead atoms. The van der Waals surface area contributed by atoms with Gasteiger partial charge in [-0.15, -0.1) is 0 Å². The Morgan fingerprint density at radius 3 is 0.786 bits per heavy atom. The summed E-state index contributed by atoms with van der Waals surface area (Å²) in [5.41, 5.74) is 5.82. The van der Waals surface area contributed by atoms with Crippen LogP contribution in [-0.2, 0) is 0 Å². The van der Waals surface area contributed by atoms with Gasteiger partial charge in [-0.05, 0) is 65.2 Å². The molecule has 0 aromatic heterocycles. The minimum absolute atomic E-state index is 0.640. The summed E-state index contributed by atoms with van der Waals surface area (Å²) in [4.78, 5) is 0. The zero-order valence-corrected chi connectivity index (χ0v) is 40.6. The van der Waals surface area contributed by atoms with Gasteiger partial charge in [0.25, 0.3) is 0 Å². The van der Waals surface area contributed by atoms with Crippen molar-refractivity contribution >= 4 is 24.3 Å². The summed E-state index contributed by atoms with van der Waals surface area (Å²) in [7, 11) is -0.718. The van der Waals surface area contributed by atoms with E-state index < -0.39 is 13.4 Å². The van der Waals surface area contributed by atoms with E-state index in [4.69, 9.17) is 0 Å². The number of unbranched alkanes of at least 4 members (excludes halogenated alkanes) is 22. The Bertz CT molecular complexity index is 979. The first-order chi connectivity index (χ1) is 27.4. The maximum atomic E-state index is 2.39. The lowest BCUT2D eigenvalue weighted by Gasteiger charge is -2.42. The van der Waals surface area contributed by atoms with Crippen molar-refractivity contribution in [3.05, 3.63) is 59.7 Å². The molecule has 0 nitrogen and oxygen atoms in total. The van der Waals surface area contributed by atoms with Gasteiger partial charge in [0.1, 0.15) is 0 Å². The highest BCUT2D eigenvalue weighted by atomic mass is 31.2. The molecule has 0 atom stereocenters. The zero-order chi connectivity index (χ0) is 41.0. The van der Waals surface area contributed by atoms with Crippen LogP contribution in [0, 0.1) is 13.8 Å². The lowest BCUT2D eigenvalue weighted by Crippen LogP contribution is -2.58. The van der Waals surface area contributed by atoms with Crippen molar-refractivity contribution < 1.29 is 0 Å². The van der Waals surface area contributed by atoms with Gasteiger partial charge >= 0.3 is 0 Å². The zero-order valence-electron chi connectivity index (χ0n) is 39.7. The highest BCUT2D eigenvalue weighted by molar-refractivity contribution is 7.75. The number of benzene rings is 2. The van der Waals surface area contributed by atoms with Gasteiger partial charge in [0.05, 0.1) is 30.8 Å². The van der Waals surface area contributed by atoms with Crippen molar-refractivity contribution in [2.45, 2.75) is 248 Å². The van der Waals surface area contributed by atoms with Crippen molar-refractivity contribution in [2.24, 2.45) is 0 Å². The second kappa shape index (κ2) is 35.8. The quantitative estimate of drug-likeness (QED) is 0.0366. The number of aryl methyl sites for hydroxylation is 2. The molecule has 0 heterocycles. The fraction of sp³-hybridized carbons (Fsp3) is 0.778. The molecule has 324 valence electrons. The van der Waals surface area contributed by atoms with Crippen molar-refractivity contribution in [1.82, 2.24) is 0 Å². The first-order valence-corrected chi connectivity index (χ1v) is 28.1. The van der Waals surface area contributed by atoms with E-state index in [0.29, 0.717) is 0 Å². The van der Waals surface area contributed by atoms with Crippen LogP contribution in [0.15, 0.2) is 48.5 Å². The van der Waals surface area contributed by atoms with Gasteiger partial charge in [-0.3, -0.25) is 0 Å². The van der Waals surface area contributed by atoms with Gasteiger partial charge < -0.3 is 0 Å². The molecule has 0 unspecified atom stereocenters. The van der Waals surface area contributed by atoms with Gasteiger partial charge in [0.15, 0.2) is 0 Å². The second-order valence-electron chi connectivity index (χ2n) is 18.7. The van der Waals surface area contributed by atoms with E-state index in [1.54, 1.807) is 61.3 Å². The minimum Gasteiger partial charge on any atom is -0.205 e. The fourth-order valence-electron chi connectivity index (χ4n) is 9.56. The highest BCUT2D eigenvalue weighted by Gasteiger charge is 2.35. The monoisotopic (exact) mass is 791 g/mol. The van der Waals surface area contributed by atoms with E-state index in [2.05, 4.69) is 104 Å². The Morgan fingerprint density at radius 2 is 0.536 bits per heavy atom. The molecule has 2 rings (SSSR count). The Morgan fingerprint density at radius 1 is 0.304 bits per heavy atom. The largest absolute Gasteiger partial charge is 0.205 e. The summed E-state index contributed by atoms with van der Waals surface area (Å²) in [5, 5.41) is 0. The third-order valence-electron chi connectivity index (χ3n) is 13.5. The summed E-state index contributed by atoms with van der Waals surface area (Å²) in [5.74, 6) is 0. The van der Waals surface area contributed by atoms with Gasteiger partial charge in [-0.1, -0.05) is 230 Å². The van der Waals surface area contributed by atoms with Crippen molar-refractivity contribution in [1.29, 1.82) is 0 Å². The molecule has 2 aromatic carbocycles. The topological polar surface area (TPSA) is 0 Å². The van der Waals surface area contributed by atoms with Crippen LogP contribution in [0.1, 0.15) is 232 Å². The van der Waals surface area contributed by atoms with E-state index in [0.717, 1.165) is 0 Å². The van der Waals surface area contributed by atoms with Crippen molar-refractivity contribution in [2.75, 3.05) is 24.6 Å². The first-order valence-electron chi connectivity index (χ1n) is 25.5. The SMILES string of the molecule is CCCCCCCC[P+](CCCCCCCC)(CCCCCCCC)CCCCCCCC.CCCC[B-](CCCC)(c1ccc(C)cc1)c1ccc(C)cc1. The van der Waals surface area contributed by atoms with Crippen LogP contribution in [0.2, 0.25) is 12.6 Å². The van der Waals surface area contributed by atoms with Gasteiger partial charge in [0.2, 0.25) is 0 Å². The van der Waals surface area contributed by atoms with Crippen LogP contribution in [0.3, 0.4) is 0 Å². The molecular weight excluding hydrogens is 690 g/mol. The average Bonchev–Trinajstić information content (AvgIpc) is 3.21. The normalized spacial score (nSPS) is 11.9. The molecular formula is C54H100BP. The predicted octanol–water partition coefficient (Wildman–Crippen LogP) is 17.9.